The average molecular weight is 312 g/mol. The van der Waals surface area contributed by atoms with E-state index in [1.807, 2.05) is 30.3 Å². The highest BCUT2D eigenvalue weighted by atomic mass is 16.5. The number of rotatable bonds is 5. The van der Waals surface area contributed by atoms with E-state index < -0.39 is 12.1 Å². The summed E-state index contributed by atoms with van der Waals surface area (Å²) >= 11 is 0. The third-order valence-electron chi connectivity index (χ3n) is 3.02. The van der Waals surface area contributed by atoms with Gasteiger partial charge in [0.25, 0.3) is 0 Å². The number of carbonyl (C=O) groups excluding carboxylic acids is 1. The molecule has 0 radical (unpaired) electrons. The second kappa shape index (κ2) is 7.74. The van der Waals surface area contributed by atoms with E-state index in [1.54, 1.807) is 24.3 Å². The number of hydrogen-bond donors (Lipinski definition) is 2. The van der Waals surface area contributed by atoms with E-state index in [0.717, 1.165) is 5.56 Å². The Balaban J connectivity index is 1.95. The smallest absolute Gasteiger partial charge is 0.435 e. The van der Waals surface area contributed by atoms with Crippen LogP contribution in [-0.4, -0.2) is 23.0 Å². The van der Waals surface area contributed by atoms with Crippen LogP contribution >= 0.6 is 0 Å². The van der Waals surface area contributed by atoms with Crippen LogP contribution in [-0.2, 0) is 22.6 Å². The summed E-state index contributed by atoms with van der Waals surface area (Å²) in [4.78, 5) is 25.9. The molecule has 2 rings (SSSR count). The molecule has 0 saturated heterocycles. The van der Waals surface area contributed by atoms with Crippen molar-refractivity contribution in [2.24, 2.45) is 10.7 Å². The van der Waals surface area contributed by atoms with Crippen LogP contribution < -0.4 is 5.73 Å². The molecule has 0 bridgehead atoms. The van der Waals surface area contributed by atoms with Crippen molar-refractivity contribution in [1.82, 2.24) is 0 Å². The maximum atomic E-state index is 11.6. The first kappa shape index (κ1) is 16.2. The first-order valence-electron chi connectivity index (χ1n) is 6.90. The molecule has 0 aliphatic heterocycles. The summed E-state index contributed by atoms with van der Waals surface area (Å²) in [6.45, 7) is 0.119. The Morgan fingerprint density at radius 2 is 1.65 bits per heavy atom. The van der Waals surface area contributed by atoms with Crippen molar-refractivity contribution in [1.29, 1.82) is 0 Å². The molecule has 2 aromatic rings. The second-order valence-electron chi connectivity index (χ2n) is 4.80. The van der Waals surface area contributed by atoms with Crippen molar-refractivity contribution in [2.75, 3.05) is 0 Å². The highest BCUT2D eigenvalue weighted by Crippen LogP contribution is 2.06. The molecule has 0 aliphatic rings. The predicted octanol–water partition coefficient (Wildman–Crippen LogP) is 2.36. The van der Waals surface area contributed by atoms with E-state index in [4.69, 9.17) is 15.6 Å². The Labute approximate surface area is 133 Å². The lowest BCUT2D eigenvalue weighted by atomic mass is 10.1. The molecular formula is C17H16N2O4. The number of benzene rings is 2. The number of carboxylic acid groups (broad SMARTS) is 1. The molecule has 0 heterocycles. The zero-order valence-corrected chi connectivity index (χ0v) is 12.3. The minimum absolute atomic E-state index is 0.0185. The van der Waals surface area contributed by atoms with Gasteiger partial charge in [-0.15, -0.1) is 0 Å². The van der Waals surface area contributed by atoms with Crippen molar-refractivity contribution >= 4 is 17.9 Å². The Bertz CT molecular complexity index is 709. The van der Waals surface area contributed by atoms with Gasteiger partial charge in [-0.25, -0.2) is 4.79 Å². The zero-order chi connectivity index (χ0) is 16.7. The minimum atomic E-state index is -0.913. The van der Waals surface area contributed by atoms with Gasteiger partial charge < -0.3 is 15.6 Å². The van der Waals surface area contributed by atoms with Crippen LogP contribution in [0.15, 0.2) is 59.6 Å². The Morgan fingerprint density at radius 3 is 2.26 bits per heavy atom. The molecular weight excluding hydrogens is 296 g/mol. The van der Waals surface area contributed by atoms with Crippen LogP contribution in [0.4, 0.5) is 4.79 Å². The zero-order valence-electron chi connectivity index (χ0n) is 12.3. The van der Waals surface area contributed by atoms with Gasteiger partial charge in [0, 0.05) is 5.56 Å². The van der Waals surface area contributed by atoms with Crippen molar-refractivity contribution in [3.05, 3.63) is 71.3 Å². The van der Waals surface area contributed by atoms with E-state index in [1.165, 1.54) is 0 Å². The van der Waals surface area contributed by atoms with E-state index in [2.05, 4.69) is 4.99 Å². The highest BCUT2D eigenvalue weighted by molar-refractivity contribution is 6.02. The number of aliphatic imine (C=N–C) groups is 1. The molecule has 0 unspecified atom stereocenters. The van der Waals surface area contributed by atoms with Crippen molar-refractivity contribution in [3.8, 4) is 0 Å². The minimum Gasteiger partial charge on any atom is -0.481 e. The number of hydrogen-bond acceptors (Lipinski definition) is 3. The molecule has 118 valence electrons. The molecule has 0 atom stereocenters. The number of amides is 1. The molecule has 2 aromatic carbocycles. The number of nitrogens with zero attached hydrogens (tertiary/aromatic N) is 1. The van der Waals surface area contributed by atoms with Crippen LogP contribution in [0.2, 0.25) is 0 Å². The lowest BCUT2D eigenvalue weighted by molar-refractivity contribution is -0.136. The maximum Gasteiger partial charge on any atom is 0.435 e. The van der Waals surface area contributed by atoms with Crippen LogP contribution in [0.3, 0.4) is 0 Å². The van der Waals surface area contributed by atoms with E-state index >= 15 is 0 Å². The number of aliphatic carboxylic acids is 1. The highest BCUT2D eigenvalue weighted by Gasteiger charge is 2.06. The first-order chi connectivity index (χ1) is 11.0. The average Bonchev–Trinajstić information content (AvgIpc) is 2.54. The van der Waals surface area contributed by atoms with E-state index in [0.29, 0.717) is 11.1 Å². The molecule has 0 aliphatic carbocycles. The van der Waals surface area contributed by atoms with Gasteiger partial charge in [-0.3, -0.25) is 4.79 Å². The molecule has 23 heavy (non-hydrogen) atoms. The van der Waals surface area contributed by atoms with Crippen LogP contribution in [0.25, 0.3) is 0 Å². The van der Waals surface area contributed by atoms with Gasteiger partial charge in [0.05, 0.1) is 6.42 Å². The maximum absolute atomic E-state index is 11.6. The fourth-order valence-corrected chi connectivity index (χ4v) is 1.88. The molecule has 0 saturated carbocycles. The van der Waals surface area contributed by atoms with Gasteiger partial charge in [0.15, 0.2) is 0 Å². The lowest BCUT2D eigenvalue weighted by Gasteiger charge is -2.04. The fourth-order valence-electron chi connectivity index (χ4n) is 1.88. The van der Waals surface area contributed by atoms with Gasteiger partial charge in [-0.1, -0.05) is 54.6 Å². The molecule has 6 nitrogen and oxygen atoms in total. The number of nitrogens with two attached hydrogens (primary N) is 1. The Morgan fingerprint density at radius 1 is 1.00 bits per heavy atom. The summed E-state index contributed by atoms with van der Waals surface area (Å²) in [5, 5.41) is 8.71. The standard InChI is InChI=1S/C17H16N2O4/c18-16(14-8-6-12(7-9-14)10-15(20)21)19-17(22)23-11-13-4-2-1-3-5-13/h1-9H,10-11H2,(H,20,21)(H2,18,19,22). The molecule has 6 heteroatoms. The van der Waals surface area contributed by atoms with Crippen molar-refractivity contribution in [2.45, 2.75) is 13.0 Å². The van der Waals surface area contributed by atoms with Gasteiger partial charge in [0.1, 0.15) is 12.4 Å². The lowest BCUT2D eigenvalue weighted by Crippen LogP contribution is -2.16. The molecule has 1 amide bonds. The van der Waals surface area contributed by atoms with Crippen molar-refractivity contribution in [3.63, 3.8) is 0 Å². The SMILES string of the molecule is NC(=NC(=O)OCc1ccccc1)c1ccc(CC(=O)O)cc1. The third kappa shape index (κ3) is 5.28. The normalized spacial score (nSPS) is 11.0. The summed E-state index contributed by atoms with van der Waals surface area (Å²) in [6, 6.07) is 15.7. The summed E-state index contributed by atoms with van der Waals surface area (Å²) in [7, 11) is 0. The van der Waals surface area contributed by atoms with Gasteiger partial charge >= 0.3 is 12.1 Å². The monoisotopic (exact) mass is 312 g/mol. The summed E-state index contributed by atoms with van der Waals surface area (Å²) in [5.41, 5.74) is 7.77. The molecule has 0 fully saturated rings. The number of amidine groups is 1. The molecule has 0 aromatic heterocycles. The van der Waals surface area contributed by atoms with E-state index in [9.17, 15) is 9.59 Å². The summed E-state index contributed by atoms with van der Waals surface area (Å²) in [6.07, 6.45) is -0.850. The second-order valence-corrected chi connectivity index (χ2v) is 4.80. The fraction of sp³-hybridized carbons (Fsp3) is 0.118. The van der Waals surface area contributed by atoms with Crippen LogP contribution in [0, 0.1) is 0 Å². The van der Waals surface area contributed by atoms with Crippen LogP contribution in [0.1, 0.15) is 16.7 Å². The van der Waals surface area contributed by atoms with Gasteiger partial charge in [0.2, 0.25) is 0 Å². The third-order valence-corrected chi connectivity index (χ3v) is 3.02. The van der Waals surface area contributed by atoms with Crippen molar-refractivity contribution < 1.29 is 19.4 Å². The quantitative estimate of drug-likeness (QED) is 0.652. The first-order valence-corrected chi connectivity index (χ1v) is 6.90. The predicted molar refractivity (Wildman–Crippen MR) is 85.1 cm³/mol. The van der Waals surface area contributed by atoms with E-state index in [-0.39, 0.29) is 18.9 Å². The molecule has 0 spiro atoms. The summed E-state index contributed by atoms with van der Waals surface area (Å²) in [5.74, 6) is -0.895. The number of ether oxygens (including phenoxy) is 1. The number of carboxylic acids is 1. The number of carbonyl (C=O) groups is 2. The molecule has 3 N–H and O–H groups in total. The summed E-state index contributed by atoms with van der Waals surface area (Å²) < 4.78 is 5.01. The largest absolute Gasteiger partial charge is 0.481 e. The topological polar surface area (TPSA) is 102 Å². The van der Waals surface area contributed by atoms with Crippen LogP contribution in [0.5, 0.6) is 0 Å². The Kier molecular flexibility index (Phi) is 5.46. The van der Waals surface area contributed by atoms with Gasteiger partial charge in [-0.05, 0) is 11.1 Å². The Hall–Kier alpha value is -3.15. The van der Waals surface area contributed by atoms with Gasteiger partial charge in [-0.2, -0.15) is 4.99 Å².